The molecule has 1 heterocycles. The molecule has 0 bridgehead atoms. The first-order valence-corrected chi connectivity index (χ1v) is 8.18. The van der Waals surface area contributed by atoms with Gasteiger partial charge in [0, 0.05) is 10.1 Å². The number of hydrogen-bond acceptors (Lipinski definition) is 4. The van der Waals surface area contributed by atoms with Gasteiger partial charge < -0.3 is 4.74 Å². The lowest BCUT2D eigenvalue weighted by Gasteiger charge is -2.09. The van der Waals surface area contributed by atoms with Crippen molar-refractivity contribution in [2.24, 2.45) is 0 Å². The van der Waals surface area contributed by atoms with Crippen LogP contribution in [0.3, 0.4) is 0 Å². The SMILES string of the molecule is C=CCN1C(=O)c2ccc(C(=O)Oc3cccc(I)c3)cc2C1=O. The molecule has 6 heteroatoms. The van der Waals surface area contributed by atoms with Crippen LogP contribution in [0, 0.1) is 3.57 Å². The summed E-state index contributed by atoms with van der Waals surface area (Å²) in [5.74, 6) is -0.975. The number of rotatable bonds is 4. The van der Waals surface area contributed by atoms with E-state index in [9.17, 15) is 14.4 Å². The van der Waals surface area contributed by atoms with Crippen LogP contribution >= 0.6 is 22.6 Å². The Morgan fingerprint density at radius 1 is 1.12 bits per heavy atom. The van der Waals surface area contributed by atoms with Gasteiger partial charge in [0.25, 0.3) is 11.8 Å². The summed E-state index contributed by atoms with van der Waals surface area (Å²) in [5.41, 5.74) is 0.709. The Balaban J connectivity index is 1.87. The third kappa shape index (κ3) is 2.96. The van der Waals surface area contributed by atoms with Gasteiger partial charge in [-0.2, -0.15) is 0 Å². The van der Waals surface area contributed by atoms with Crippen LogP contribution < -0.4 is 4.74 Å². The number of esters is 1. The van der Waals surface area contributed by atoms with Crippen LogP contribution in [0.25, 0.3) is 0 Å². The Bertz CT molecular complexity index is 875. The largest absolute Gasteiger partial charge is 0.423 e. The zero-order valence-corrected chi connectivity index (χ0v) is 14.6. The predicted octanol–water partition coefficient (Wildman–Crippen LogP) is 3.29. The molecule has 0 saturated heterocycles. The summed E-state index contributed by atoms with van der Waals surface area (Å²) in [5, 5.41) is 0. The highest BCUT2D eigenvalue weighted by atomic mass is 127. The van der Waals surface area contributed by atoms with Gasteiger partial charge >= 0.3 is 5.97 Å². The minimum atomic E-state index is -0.581. The molecule has 0 atom stereocenters. The fraction of sp³-hybridized carbons (Fsp3) is 0.0556. The van der Waals surface area contributed by atoms with Gasteiger partial charge in [0.2, 0.25) is 0 Å². The Labute approximate surface area is 152 Å². The number of carbonyl (C=O) groups is 3. The van der Waals surface area contributed by atoms with E-state index >= 15 is 0 Å². The molecule has 2 aromatic carbocycles. The number of carbonyl (C=O) groups excluding carboxylic acids is 3. The summed E-state index contributed by atoms with van der Waals surface area (Å²) in [6.45, 7) is 3.67. The van der Waals surface area contributed by atoms with E-state index in [-0.39, 0.29) is 29.1 Å². The first kappa shape index (κ1) is 16.4. The van der Waals surface area contributed by atoms with Gasteiger partial charge in [0.15, 0.2) is 0 Å². The first-order valence-electron chi connectivity index (χ1n) is 7.10. The van der Waals surface area contributed by atoms with Crippen molar-refractivity contribution < 1.29 is 19.1 Å². The van der Waals surface area contributed by atoms with Crippen molar-refractivity contribution in [2.45, 2.75) is 0 Å². The highest BCUT2D eigenvalue weighted by Gasteiger charge is 2.35. The maximum Gasteiger partial charge on any atom is 0.343 e. The molecule has 0 aromatic heterocycles. The molecule has 5 nitrogen and oxygen atoms in total. The lowest BCUT2D eigenvalue weighted by molar-refractivity contribution is 0.0671. The lowest BCUT2D eigenvalue weighted by Crippen LogP contribution is -2.29. The minimum absolute atomic E-state index is 0.134. The maximum atomic E-state index is 12.3. The van der Waals surface area contributed by atoms with Gasteiger partial charge in [-0.05, 0) is 59.0 Å². The van der Waals surface area contributed by atoms with Crippen LogP contribution in [0.5, 0.6) is 5.75 Å². The van der Waals surface area contributed by atoms with Gasteiger partial charge in [-0.1, -0.05) is 12.1 Å². The van der Waals surface area contributed by atoms with E-state index in [1.54, 1.807) is 18.2 Å². The van der Waals surface area contributed by atoms with E-state index in [2.05, 4.69) is 29.2 Å². The second-order valence-electron chi connectivity index (χ2n) is 5.12. The number of ether oxygens (including phenoxy) is 1. The highest BCUT2D eigenvalue weighted by Crippen LogP contribution is 2.25. The molecule has 0 saturated carbocycles. The molecule has 1 aliphatic heterocycles. The Morgan fingerprint density at radius 3 is 2.58 bits per heavy atom. The summed E-state index contributed by atoms with van der Waals surface area (Å²) in [6.07, 6.45) is 1.48. The van der Waals surface area contributed by atoms with Crippen molar-refractivity contribution >= 4 is 40.4 Å². The van der Waals surface area contributed by atoms with Crippen LogP contribution in [0.2, 0.25) is 0 Å². The smallest absolute Gasteiger partial charge is 0.343 e. The number of fused-ring (bicyclic) bond motifs is 1. The van der Waals surface area contributed by atoms with Gasteiger partial charge in [0.1, 0.15) is 5.75 Å². The minimum Gasteiger partial charge on any atom is -0.423 e. The average molecular weight is 433 g/mol. The third-order valence-corrected chi connectivity index (χ3v) is 4.20. The monoisotopic (exact) mass is 433 g/mol. The Hall–Kier alpha value is -2.48. The number of benzene rings is 2. The third-order valence-electron chi connectivity index (χ3n) is 3.52. The summed E-state index contributed by atoms with van der Waals surface area (Å²) in [6, 6.07) is 11.4. The summed E-state index contributed by atoms with van der Waals surface area (Å²) in [4.78, 5) is 37.8. The van der Waals surface area contributed by atoms with Crippen molar-refractivity contribution in [3.63, 3.8) is 0 Å². The van der Waals surface area contributed by atoms with Crippen LogP contribution in [0.1, 0.15) is 31.1 Å². The first-order chi connectivity index (χ1) is 11.5. The van der Waals surface area contributed by atoms with Gasteiger partial charge in [-0.15, -0.1) is 6.58 Å². The molecule has 120 valence electrons. The molecule has 0 radical (unpaired) electrons. The molecule has 0 aliphatic carbocycles. The van der Waals surface area contributed by atoms with Crippen LogP contribution in [-0.2, 0) is 0 Å². The molecular formula is C18H12INO4. The van der Waals surface area contributed by atoms with Crippen molar-refractivity contribution in [2.75, 3.05) is 6.54 Å². The van der Waals surface area contributed by atoms with Crippen molar-refractivity contribution in [1.29, 1.82) is 0 Å². The molecule has 2 amide bonds. The Morgan fingerprint density at radius 2 is 1.88 bits per heavy atom. The fourth-order valence-corrected chi connectivity index (χ4v) is 2.92. The standard InChI is InChI=1S/C18H12INO4/c1-2-8-20-16(21)14-7-6-11(9-15(14)17(20)22)18(23)24-13-5-3-4-12(19)10-13/h2-7,9-10H,1,8H2. The molecule has 0 N–H and O–H groups in total. The molecule has 0 spiro atoms. The second-order valence-corrected chi connectivity index (χ2v) is 6.36. The normalized spacial score (nSPS) is 13.0. The van der Waals surface area contributed by atoms with Crippen LogP contribution in [-0.4, -0.2) is 29.2 Å². The van der Waals surface area contributed by atoms with Crippen LogP contribution in [0.4, 0.5) is 0 Å². The average Bonchev–Trinajstić information content (AvgIpc) is 2.80. The van der Waals surface area contributed by atoms with E-state index < -0.39 is 11.9 Å². The molecule has 0 unspecified atom stereocenters. The number of amides is 2. The predicted molar refractivity (Wildman–Crippen MR) is 96.1 cm³/mol. The van der Waals surface area contributed by atoms with E-state index in [4.69, 9.17) is 4.74 Å². The number of halogens is 1. The highest BCUT2D eigenvalue weighted by molar-refractivity contribution is 14.1. The molecular weight excluding hydrogens is 421 g/mol. The van der Waals surface area contributed by atoms with E-state index in [1.165, 1.54) is 24.3 Å². The Kier molecular flexibility index (Phi) is 4.48. The van der Waals surface area contributed by atoms with E-state index in [0.29, 0.717) is 5.75 Å². The molecule has 2 aromatic rings. The quantitative estimate of drug-likeness (QED) is 0.244. The van der Waals surface area contributed by atoms with Crippen molar-refractivity contribution in [1.82, 2.24) is 4.90 Å². The van der Waals surface area contributed by atoms with Gasteiger partial charge in [0.05, 0.1) is 16.7 Å². The van der Waals surface area contributed by atoms with Crippen molar-refractivity contribution in [3.8, 4) is 5.75 Å². The second kappa shape index (κ2) is 6.56. The number of nitrogens with zero attached hydrogens (tertiary/aromatic N) is 1. The lowest BCUT2D eigenvalue weighted by atomic mass is 10.1. The van der Waals surface area contributed by atoms with Gasteiger partial charge in [-0.3, -0.25) is 14.5 Å². The topological polar surface area (TPSA) is 63.7 Å². The molecule has 1 aliphatic rings. The summed E-state index contributed by atoms with van der Waals surface area (Å²) in [7, 11) is 0. The number of hydrogen-bond donors (Lipinski definition) is 0. The van der Waals surface area contributed by atoms with Crippen molar-refractivity contribution in [3.05, 3.63) is 75.4 Å². The zero-order chi connectivity index (χ0) is 17.3. The number of imide groups is 1. The van der Waals surface area contributed by atoms with Crippen LogP contribution in [0.15, 0.2) is 55.1 Å². The summed E-state index contributed by atoms with van der Waals surface area (Å²) < 4.78 is 6.25. The molecule has 0 fully saturated rings. The maximum absolute atomic E-state index is 12.3. The zero-order valence-electron chi connectivity index (χ0n) is 12.5. The van der Waals surface area contributed by atoms with E-state index in [0.717, 1.165) is 8.47 Å². The molecule has 3 rings (SSSR count). The fourth-order valence-electron chi connectivity index (χ4n) is 2.41. The summed E-state index contributed by atoms with van der Waals surface area (Å²) >= 11 is 2.12. The van der Waals surface area contributed by atoms with Gasteiger partial charge in [-0.25, -0.2) is 4.79 Å². The van der Waals surface area contributed by atoms with E-state index in [1.807, 2.05) is 6.07 Å². The molecule has 24 heavy (non-hydrogen) atoms.